The summed E-state index contributed by atoms with van der Waals surface area (Å²) in [6, 6.07) is -1.91. The first-order chi connectivity index (χ1) is 30.7. The highest BCUT2D eigenvalue weighted by atomic mass is 16.6. The van der Waals surface area contributed by atoms with Gasteiger partial charge in [0.1, 0.15) is 30.9 Å². The lowest BCUT2D eigenvalue weighted by molar-refractivity contribution is -0.186. The van der Waals surface area contributed by atoms with E-state index in [4.69, 9.17) is 39.9 Å². The van der Waals surface area contributed by atoms with Gasteiger partial charge in [-0.15, -0.1) is 0 Å². The highest BCUT2D eigenvalue weighted by Gasteiger charge is 2.37. The molecule has 21 heteroatoms. The number of hydrogen-bond donors (Lipinski definition) is 9. The van der Waals surface area contributed by atoms with Crippen molar-refractivity contribution in [1.29, 1.82) is 0 Å². The molecule has 64 heavy (non-hydrogen) atoms. The van der Waals surface area contributed by atoms with Crippen LogP contribution >= 0.6 is 0 Å². The Hall–Kier alpha value is -4.06. The second kappa shape index (κ2) is 30.2. The summed E-state index contributed by atoms with van der Waals surface area (Å²) in [7, 11) is 0. The number of aliphatic hydroxyl groups excluding tert-OH is 3. The molecule has 2 aliphatic carbocycles. The highest BCUT2D eigenvalue weighted by Crippen LogP contribution is 2.25. The molecule has 7 atom stereocenters. The summed E-state index contributed by atoms with van der Waals surface area (Å²) in [6.07, 6.45) is 3.41. The molecule has 1 fully saturated rings. The molecule has 0 aromatic heterocycles. The van der Waals surface area contributed by atoms with Crippen molar-refractivity contribution in [1.82, 2.24) is 21.3 Å². The van der Waals surface area contributed by atoms with Gasteiger partial charge in [-0.3, -0.25) is 28.8 Å². The summed E-state index contributed by atoms with van der Waals surface area (Å²) in [6.45, 7) is 5.21. The van der Waals surface area contributed by atoms with E-state index in [1.165, 1.54) is 12.2 Å². The Balaban J connectivity index is 1.34. The molecule has 3 rings (SSSR count). The van der Waals surface area contributed by atoms with Crippen molar-refractivity contribution in [3.8, 4) is 0 Å². The molecule has 3 aliphatic rings. The molecule has 0 saturated carbocycles. The van der Waals surface area contributed by atoms with Crippen LogP contribution in [0.4, 0.5) is 0 Å². The van der Waals surface area contributed by atoms with Gasteiger partial charge in [-0.1, -0.05) is 26.7 Å². The van der Waals surface area contributed by atoms with Crippen LogP contribution in [0, 0.1) is 11.8 Å². The maximum atomic E-state index is 13.3. The first-order valence-electron chi connectivity index (χ1n) is 22.4. The van der Waals surface area contributed by atoms with Crippen LogP contribution in [0.15, 0.2) is 23.5 Å². The summed E-state index contributed by atoms with van der Waals surface area (Å²) in [5.41, 5.74) is 13.0. The van der Waals surface area contributed by atoms with E-state index in [-0.39, 0.29) is 82.2 Å². The van der Waals surface area contributed by atoms with E-state index in [9.17, 15) is 44.1 Å². The van der Waals surface area contributed by atoms with Crippen LogP contribution in [0.25, 0.3) is 0 Å². The van der Waals surface area contributed by atoms with Crippen molar-refractivity contribution in [3.63, 3.8) is 0 Å². The fourth-order valence-electron chi connectivity index (χ4n) is 7.22. The lowest BCUT2D eigenvalue weighted by Crippen LogP contribution is -2.54. The molecule has 0 bridgehead atoms. The molecule has 1 heterocycles. The van der Waals surface area contributed by atoms with Gasteiger partial charge in [-0.2, -0.15) is 0 Å². The second-order valence-corrected chi connectivity index (χ2v) is 16.4. The van der Waals surface area contributed by atoms with Gasteiger partial charge in [0, 0.05) is 31.7 Å². The molecule has 0 aromatic rings. The zero-order valence-corrected chi connectivity index (χ0v) is 37.3. The smallest absolute Gasteiger partial charge is 0.246 e. The minimum absolute atomic E-state index is 0.0253. The first-order valence-corrected chi connectivity index (χ1v) is 22.4. The molecule has 0 radical (unpaired) electrons. The van der Waals surface area contributed by atoms with Crippen LogP contribution in [0.1, 0.15) is 84.5 Å². The quantitative estimate of drug-likeness (QED) is 0.0282. The average molecular weight is 913 g/mol. The SMILES string of the molecule is CC(C)[C@H](NC(=O)[C@@H](CCCCNC(=O)COC1CCCCCC(N[C@@H]2O[C@H](CO)[C@H](O)C[C@H]2O)=C1N)NC(=O)CCOCCOCCOCCOCCC1C(=O)C=CC1=O)C(N)=O. The van der Waals surface area contributed by atoms with Gasteiger partial charge in [-0.05, 0) is 63.0 Å². The lowest BCUT2D eigenvalue weighted by atomic mass is 9.98. The molecule has 364 valence electrons. The zero-order chi connectivity index (χ0) is 46.9. The van der Waals surface area contributed by atoms with Gasteiger partial charge in [0.15, 0.2) is 17.8 Å². The molecule has 0 spiro atoms. The van der Waals surface area contributed by atoms with Crippen LogP contribution in [-0.2, 0) is 57.2 Å². The Labute approximate surface area is 375 Å². The van der Waals surface area contributed by atoms with E-state index >= 15 is 0 Å². The Morgan fingerprint density at radius 3 is 2.11 bits per heavy atom. The molecule has 0 aromatic carbocycles. The molecule has 1 aliphatic heterocycles. The normalized spacial score (nSPS) is 22.8. The maximum Gasteiger partial charge on any atom is 0.246 e. The predicted molar refractivity (Wildman–Crippen MR) is 229 cm³/mol. The number of carbonyl (C=O) groups is 6. The van der Waals surface area contributed by atoms with Gasteiger partial charge in [0.05, 0.1) is 76.7 Å². The second-order valence-electron chi connectivity index (χ2n) is 16.4. The number of nitrogens with two attached hydrogens (primary N) is 2. The maximum absolute atomic E-state index is 13.3. The minimum atomic E-state index is -1.03. The number of hydrogen-bond acceptors (Lipinski definition) is 17. The van der Waals surface area contributed by atoms with Crippen molar-refractivity contribution in [2.45, 2.75) is 127 Å². The monoisotopic (exact) mass is 913 g/mol. The first kappa shape index (κ1) is 54.3. The van der Waals surface area contributed by atoms with Gasteiger partial charge in [0.2, 0.25) is 23.6 Å². The molecular formula is C43H72N6O15. The standard InChI is InChI=1S/C43H72N6O15/c1-27(2)40(41(45)57)49-42(58)30(47-37(55)14-17-60-19-21-62-23-22-61-20-18-59-16-13-28-31(51)11-12-32(28)52)9-6-7-15-46-38(56)26-63-35-10-5-3-4-8-29(39(35)44)48-43-34(54)24-33(53)36(25-50)64-43/h11-12,27-28,30,33-36,40,43,48,50,53-54H,3-10,13-26,44H2,1-2H3,(H2,45,57)(H,46,56)(H,47,55)(H,49,58)/t30-,33-,34-,35?,36-,40+,43-/m1/s1. The fourth-order valence-corrected chi connectivity index (χ4v) is 7.22. The molecule has 4 amide bonds. The number of unbranched alkanes of at least 4 members (excludes halogenated alkanes) is 1. The Morgan fingerprint density at radius 2 is 1.48 bits per heavy atom. The summed E-state index contributed by atoms with van der Waals surface area (Å²) < 4.78 is 33.5. The van der Waals surface area contributed by atoms with Crippen molar-refractivity contribution in [2.24, 2.45) is 23.3 Å². The summed E-state index contributed by atoms with van der Waals surface area (Å²) in [5.74, 6) is -3.36. The van der Waals surface area contributed by atoms with Crippen molar-refractivity contribution >= 4 is 35.2 Å². The largest absolute Gasteiger partial charge is 0.399 e. The van der Waals surface area contributed by atoms with Gasteiger partial charge in [-0.25, -0.2) is 0 Å². The van der Waals surface area contributed by atoms with Crippen LogP contribution in [0.2, 0.25) is 0 Å². The number of ketones is 2. The van der Waals surface area contributed by atoms with Crippen molar-refractivity contribution < 1.29 is 72.5 Å². The van der Waals surface area contributed by atoms with E-state index in [0.29, 0.717) is 69.9 Å². The lowest BCUT2D eigenvalue weighted by Gasteiger charge is -2.38. The number of ether oxygens (including phenoxy) is 6. The Morgan fingerprint density at radius 1 is 0.844 bits per heavy atom. The third kappa shape index (κ3) is 20.0. The van der Waals surface area contributed by atoms with Gasteiger partial charge in [0.25, 0.3) is 0 Å². The van der Waals surface area contributed by atoms with Crippen LogP contribution in [0.5, 0.6) is 0 Å². The number of allylic oxidation sites excluding steroid dienone is 3. The van der Waals surface area contributed by atoms with E-state index in [1.54, 1.807) is 13.8 Å². The van der Waals surface area contributed by atoms with Gasteiger partial charge >= 0.3 is 0 Å². The van der Waals surface area contributed by atoms with E-state index in [1.807, 2.05) is 0 Å². The number of aliphatic hydroxyl groups is 3. The molecule has 1 unspecified atom stereocenters. The number of rotatable bonds is 31. The average Bonchev–Trinajstić information content (AvgIpc) is 3.57. The van der Waals surface area contributed by atoms with Crippen molar-refractivity contribution in [2.75, 3.05) is 72.6 Å². The van der Waals surface area contributed by atoms with Gasteiger partial charge < -0.3 is 76.5 Å². The number of primary amides is 1. The number of nitrogens with one attached hydrogen (secondary N) is 4. The van der Waals surface area contributed by atoms with E-state index < -0.39 is 73.0 Å². The fraction of sp³-hybridized carbons (Fsp3) is 0.767. The zero-order valence-electron chi connectivity index (χ0n) is 37.3. The number of amides is 4. The van der Waals surface area contributed by atoms with Crippen LogP contribution in [-0.4, -0.2) is 166 Å². The Kier molecular flexibility index (Phi) is 25.6. The molecule has 21 nitrogen and oxygen atoms in total. The third-order valence-corrected chi connectivity index (χ3v) is 11.0. The summed E-state index contributed by atoms with van der Waals surface area (Å²) in [4.78, 5) is 74.1. The molecule has 1 saturated heterocycles. The predicted octanol–water partition coefficient (Wildman–Crippen LogP) is -1.51. The molecular weight excluding hydrogens is 840 g/mol. The molecule has 11 N–H and O–H groups in total. The third-order valence-electron chi connectivity index (χ3n) is 11.0. The number of carbonyl (C=O) groups excluding carboxylic acids is 6. The minimum Gasteiger partial charge on any atom is -0.399 e. The summed E-state index contributed by atoms with van der Waals surface area (Å²) in [5, 5.41) is 41.4. The van der Waals surface area contributed by atoms with Crippen LogP contribution in [0.3, 0.4) is 0 Å². The van der Waals surface area contributed by atoms with E-state index in [2.05, 4.69) is 21.3 Å². The topological polar surface area (TPSA) is 319 Å². The highest BCUT2D eigenvalue weighted by molar-refractivity contribution is 6.18. The van der Waals surface area contributed by atoms with Crippen molar-refractivity contribution in [3.05, 3.63) is 23.5 Å². The van der Waals surface area contributed by atoms with E-state index in [0.717, 1.165) is 19.3 Å². The summed E-state index contributed by atoms with van der Waals surface area (Å²) >= 11 is 0. The Bertz CT molecular complexity index is 1530. The van der Waals surface area contributed by atoms with Crippen LogP contribution < -0.4 is 32.7 Å².